The van der Waals surface area contributed by atoms with Gasteiger partial charge in [0.05, 0.1) is 18.4 Å². The molecular weight excluding hydrogens is 412 g/mol. The van der Waals surface area contributed by atoms with E-state index in [1.807, 2.05) is 51.2 Å². The Kier molecular flexibility index (Phi) is 6.65. The number of ether oxygens (including phenoxy) is 1. The maximum atomic E-state index is 13.5. The number of hydrogen-bond acceptors (Lipinski definition) is 5. The fraction of sp³-hybridized carbons (Fsp3) is 0.333. The number of nitrogens with two attached hydrogens (primary N) is 1. The lowest BCUT2D eigenvalue weighted by Crippen LogP contribution is -2.40. The molecule has 3 N–H and O–H groups in total. The van der Waals surface area contributed by atoms with E-state index in [9.17, 15) is 4.79 Å². The third kappa shape index (κ3) is 5.01. The second-order valence-electron chi connectivity index (χ2n) is 8.94. The minimum Gasteiger partial charge on any atom is -0.496 e. The van der Waals surface area contributed by atoms with E-state index in [0.29, 0.717) is 5.56 Å². The normalized spacial score (nSPS) is 14.3. The summed E-state index contributed by atoms with van der Waals surface area (Å²) < 4.78 is 5.67. The van der Waals surface area contributed by atoms with Crippen molar-refractivity contribution in [1.82, 2.24) is 4.98 Å². The first-order valence-electron chi connectivity index (χ1n) is 11.4. The van der Waals surface area contributed by atoms with Crippen molar-refractivity contribution >= 4 is 17.3 Å². The van der Waals surface area contributed by atoms with Crippen molar-refractivity contribution in [3.63, 3.8) is 0 Å². The molecule has 1 fully saturated rings. The molecule has 2 aromatic carbocycles. The number of piperidine rings is 1. The molecule has 0 radical (unpaired) electrons. The Hall–Kier alpha value is -3.38. The zero-order valence-electron chi connectivity index (χ0n) is 19.8. The molecule has 1 aromatic heterocycles. The van der Waals surface area contributed by atoms with E-state index in [-0.39, 0.29) is 11.9 Å². The lowest BCUT2D eigenvalue weighted by molar-refractivity contribution is 0.102. The number of nitrogens with one attached hydrogen (secondary N) is 1. The molecule has 3 aromatic rings. The summed E-state index contributed by atoms with van der Waals surface area (Å²) in [6.45, 7) is 7.67. The van der Waals surface area contributed by atoms with Crippen LogP contribution in [-0.4, -0.2) is 37.1 Å². The van der Waals surface area contributed by atoms with Crippen LogP contribution in [0.25, 0.3) is 11.1 Å². The molecule has 2 heterocycles. The predicted octanol–water partition coefficient (Wildman–Crippen LogP) is 4.86. The van der Waals surface area contributed by atoms with Gasteiger partial charge < -0.3 is 20.7 Å². The monoisotopic (exact) mass is 444 g/mol. The van der Waals surface area contributed by atoms with Gasteiger partial charge in [0, 0.05) is 48.3 Å². The quantitative estimate of drug-likeness (QED) is 0.587. The Morgan fingerprint density at radius 1 is 1.00 bits per heavy atom. The Labute approximate surface area is 195 Å². The number of anilines is 2. The lowest BCUT2D eigenvalue weighted by Gasteiger charge is -2.34. The summed E-state index contributed by atoms with van der Waals surface area (Å²) in [7, 11) is 1.66. The standard InChI is InChI=1S/C27H32N4O2/c1-17-5-6-25(33-4)22(14-17)23-15-29-16-24(26(23)31-9-7-20(28)8-10-31)27(32)30-21-12-18(2)11-19(3)13-21/h5-6,11-16,20H,7-10,28H2,1-4H3,(H,30,32). The minimum atomic E-state index is -0.175. The number of nitrogens with zero attached hydrogens (tertiary/aromatic N) is 2. The van der Waals surface area contributed by atoms with Gasteiger partial charge in [-0.3, -0.25) is 9.78 Å². The van der Waals surface area contributed by atoms with E-state index in [0.717, 1.165) is 70.9 Å². The summed E-state index contributed by atoms with van der Waals surface area (Å²) in [5, 5.41) is 3.09. The molecule has 33 heavy (non-hydrogen) atoms. The molecule has 0 unspecified atom stereocenters. The predicted molar refractivity (Wildman–Crippen MR) is 134 cm³/mol. The van der Waals surface area contributed by atoms with Crippen molar-refractivity contribution in [2.24, 2.45) is 5.73 Å². The van der Waals surface area contributed by atoms with E-state index in [1.165, 1.54) is 0 Å². The lowest BCUT2D eigenvalue weighted by atomic mass is 9.96. The maximum absolute atomic E-state index is 13.5. The number of rotatable bonds is 5. The summed E-state index contributed by atoms with van der Waals surface area (Å²) in [6.07, 6.45) is 5.25. The van der Waals surface area contributed by atoms with Crippen LogP contribution in [0.4, 0.5) is 11.4 Å². The molecule has 6 nitrogen and oxygen atoms in total. The molecule has 6 heteroatoms. The van der Waals surface area contributed by atoms with Gasteiger partial charge in [0.2, 0.25) is 0 Å². The number of aromatic nitrogens is 1. The van der Waals surface area contributed by atoms with Gasteiger partial charge >= 0.3 is 0 Å². The van der Waals surface area contributed by atoms with Crippen molar-refractivity contribution < 1.29 is 9.53 Å². The van der Waals surface area contributed by atoms with Crippen LogP contribution in [0.3, 0.4) is 0 Å². The molecule has 0 bridgehead atoms. The molecule has 1 aliphatic heterocycles. The molecule has 1 saturated heterocycles. The summed E-state index contributed by atoms with van der Waals surface area (Å²) in [4.78, 5) is 20.3. The molecule has 172 valence electrons. The van der Waals surface area contributed by atoms with Crippen molar-refractivity contribution in [3.8, 4) is 16.9 Å². The first kappa shape index (κ1) is 22.8. The number of aryl methyl sites for hydroxylation is 3. The summed E-state index contributed by atoms with van der Waals surface area (Å²) in [5.74, 6) is 0.579. The molecule has 0 atom stereocenters. The van der Waals surface area contributed by atoms with Crippen molar-refractivity contribution in [2.45, 2.75) is 39.7 Å². The second kappa shape index (κ2) is 9.63. The van der Waals surface area contributed by atoms with Crippen LogP contribution in [0.15, 0.2) is 48.8 Å². The van der Waals surface area contributed by atoms with Crippen LogP contribution in [-0.2, 0) is 0 Å². The van der Waals surface area contributed by atoms with E-state index >= 15 is 0 Å². The van der Waals surface area contributed by atoms with Gasteiger partial charge in [-0.05, 0) is 69.0 Å². The van der Waals surface area contributed by atoms with Crippen LogP contribution >= 0.6 is 0 Å². The van der Waals surface area contributed by atoms with Crippen LogP contribution < -0.4 is 20.7 Å². The molecular formula is C27H32N4O2. The van der Waals surface area contributed by atoms with Crippen molar-refractivity contribution in [2.75, 3.05) is 30.4 Å². The maximum Gasteiger partial charge on any atom is 0.259 e. The largest absolute Gasteiger partial charge is 0.496 e. The second-order valence-corrected chi connectivity index (χ2v) is 8.94. The number of methoxy groups -OCH3 is 1. The third-order valence-corrected chi connectivity index (χ3v) is 6.14. The molecule has 4 rings (SSSR count). The fourth-order valence-electron chi connectivity index (χ4n) is 4.56. The average molecular weight is 445 g/mol. The van der Waals surface area contributed by atoms with Gasteiger partial charge in [0.1, 0.15) is 5.75 Å². The van der Waals surface area contributed by atoms with Crippen LogP contribution in [0, 0.1) is 20.8 Å². The third-order valence-electron chi connectivity index (χ3n) is 6.14. The number of carbonyl (C=O) groups excluding carboxylic acids is 1. The van der Waals surface area contributed by atoms with Gasteiger partial charge in [-0.25, -0.2) is 0 Å². The zero-order chi connectivity index (χ0) is 23.5. The van der Waals surface area contributed by atoms with Crippen LogP contribution in [0.5, 0.6) is 5.75 Å². The van der Waals surface area contributed by atoms with Crippen LogP contribution in [0.2, 0.25) is 0 Å². The number of benzene rings is 2. The van der Waals surface area contributed by atoms with Gasteiger partial charge in [-0.2, -0.15) is 0 Å². The first-order valence-corrected chi connectivity index (χ1v) is 11.4. The molecule has 0 aliphatic carbocycles. The van der Waals surface area contributed by atoms with Gasteiger partial charge in [-0.1, -0.05) is 17.7 Å². The Bertz CT molecular complexity index is 1150. The van der Waals surface area contributed by atoms with Gasteiger partial charge in [-0.15, -0.1) is 0 Å². The van der Waals surface area contributed by atoms with Crippen molar-refractivity contribution in [1.29, 1.82) is 0 Å². The Morgan fingerprint density at radius 2 is 1.70 bits per heavy atom. The molecule has 0 saturated carbocycles. The van der Waals surface area contributed by atoms with E-state index in [4.69, 9.17) is 10.5 Å². The minimum absolute atomic E-state index is 0.175. The average Bonchev–Trinajstić information content (AvgIpc) is 2.78. The highest BCUT2D eigenvalue weighted by Gasteiger charge is 2.26. The molecule has 1 aliphatic rings. The highest BCUT2D eigenvalue weighted by Crippen LogP contribution is 2.40. The SMILES string of the molecule is COc1ccc(C)cc1-c1cncc(C(=O)Nc2cc(C)cc(C)c2)c1N1CCC(N)CC1. The highest BCUT2D eigenvalue weighted by molar-refractivity contribution is 6.10. The zero-order valence-corrected chi connectivity index (χ0v) is 19.8. The number of amides is 1. The summed E-state index contributed by atoms with van der Waals surface area (Å²) in [5.41, 5.74) is 13.5. The van der Waals surface area contributed by atoms with E-state index in [1.54, 1.807) is 13.3 Å². The number of hydrogen-bond donors (Lipinski definition) is 2. The summed E-state index contributed by atoms with van der Waals surface area (Å²) >= 11 is 0. The first-order chi connectivity index (χ1) is 15.9. The highest BCUT2D eigenvalue weighted by atomic mass is 16.5. The van der Waals surface area contributed by atoms with Gasteiger partial charge in [0.15, 0.2) is 0 Å². The van der Waals surface area contributed by atoms with Crippen LogP contribution in [0.1, 0.15) is 39.9 Å². The molecule has 0 spiro atoms. The number of carbonyl (C=O) groups is 1. The fourth-order valence-corrected chi connectivity index (χ4v) is 4.56. The molecule has 1 amide bonds. The Balaban J connectivity index is 1.82. The van der Waals surface area contributed by atoms with Gasteiger partial charge in [0.25, 0.3) is 5.91 Å². The Morgan fingerprint density at radius 3 is 2.36 bits per heavy atom. The van der Waals surface area contributed by atoms with Crippen molar-refractivity contribution in [3.05, 3.63) is 71.0 Å². The number of pyridine rings is 1. The smallest absolute Gasteiger partial charge is 0.259 e. The summed E-state index contributed by atoms with van der Waals surface area (Å²) in [6, 6.07) is 12.3. The van der Waals surface area contributed by atoms with E-state index in [2.05, 4.69) is 27.3 Å². The van der Waals surface area contributed by atoms with E-state index < -0.39 is 0 Å². The topological polar surface area (TPSA) is 80.5 Å².